The Balaban J connectivity index is 2.15. The first kappa shape index (κ1) is 9.53. The van der Waals surface area contributed by atoms with Gasteiger partial charge in [-0.25, -0.2) is 0 Å². The molecular weight excluding hydrogens is 216 g/mol. The van der Waals surface area contributed by atoms with Crippen molar-refractivity contribution in [3.05, 3.63) is 52.3 Å². The molecule has 0 aliphatic carbocycles. The molecule has 76 valence electrons. The van der Waals surface area contributed by atoms with E-state index in [0.717, 1.165) is 11.3 Å². The Kier molecular flexibility index (Phi) is 2.55. The first-order valence-electron chi connectivity index (χ1n) is 4.04. The summed E-state index contributed by atoms with van der Waals surface area (Å²) in [6, 6.07) is 5.48. The number of nitrogens with zero attached hydrogens (tertiary/aromatic N) is 4. The Morgan fingerprint density at radius 2 is 2.13 bits per heavy atom. The van der Waals surface area contributed by atoms with Crippen LogP contribution in [0.15, 0.2) is 36.8 Å². The zero-order chi connectivity index (χ0) is 10.7. The number of hydrogen-bond acceptors (Lipinski definition) is 4. The lowest BCUT2D eigenvalue weighted by atomic mass is 10.5. The largest absolute Gasteiger partial charge is 0.423 e. The van der Waals surface area contributed by atoms with E-state index in [1.54, 1.807) is 17.1 Å². The van der Waals surface area contributed by atoms with E-state index < -0.39 is 4.92 Å². The second kappa shape index (κ2) is 4.01. The first-order valence-corrected chi connectivity index (χ1v) is 4.86. The van der Waals surface area contributed by atoms with Gasteiger partial charge in [-0.15, -0.1) is 4.68 Å². The van der Waals surface area contributed by atoms with Crippen LogP contribution in [0.25, 0.3) is 5.43 Å². The summed E-state index contributed by atoms with van der Waals surface area (Å²) >= 11 is 0.938. The van der Waals surface area contributed by atoms with Crippen LogP contribution in [-0.2, 0) is 0 Å². The third-order valence-electron chi connectivity index (χ3n) is 1.56. The Morgan fingerprint density at radius 1 is 1.40 bits per heavy atom. The molecule has 2 rings (SSSR count). The fourth-order valence-electron chi connectivity index (χ4n) is 0.942. The molecule has 2 aromatic heterocycles. The van der Waals surface area contributed by atoms with Crippen molar-refractivity contribution < 1.29 is 9.60 Å². The quantitative estimate of drug-likeness (QED) is 0.451. The van der Waals surface area contributed by atoms with Crippen LogP contribution >= 0.6 is 11.3 Å². The fourth-order valence-corrected chi connectivity index (χ4v) is 1.55. The normalized spacial score (nSPS) is 9.87. The molecule has 0 unspecified atom stereocenters. The molecule has 15 heavy (non-hydrogen) atoms. The maximum absolute atomic E-state index is 10.4. The van der Waals surface area contributed by atoms with E-state index >= 15 is 0 Å². The van der Waals surface area contributed by atoms with Gasteiger partial charge < -0.3 is 4.98 Å². The molecule has 0 aliphatic rings. The van der Waals surface area contributed by atoms with Gasteiger partial charge in [0.15, 0.2) is 12.4 Å². The monoisotopic (exact) mass is 222 g/mol. The molecule has 2 aromatic rings. The van der Waals surface area contributed by atoms with Gasteiger partial charge >= 0.3 is 5.00 Å². The molecule has 0 N–H and O–H groups in total. The highest BCUT2D eigenvalue weighted by Crippen LogP contribution is 2.28. The van der Waals surface area contributed by atoms with Crippen molar-refractivity contribution in [1.29, 1.82) is 0 Å². The van der Waals surface area contributed by atoms with E-state index in [4.69, 9.17) is 0 Å². The lowest BCUT2D eigenvalue weighted by Crippen LogP contribution is -2.25. The Hall–Kier alpha value is -2.02. The number of aromatic nitrogens is 2. The number of hydrogen-bond donors (Lipinski definition) is 0. The van der Waals surface area contributed by atoms with Crippen LogP contribution in [-0.4, -0.2) is 9.91 Å². The second-order valence-electron chi connectivity index (χ2n) is 2.59. The van der Waals surface area contributed by atoms with Gasteiger partial charge in [-0.2, -0.15) is 5.43 Å². The summed E-state index contributed by atoms with van der Waals surface area (Å²) in [7, 11) is 0. The molecule has 7 heteroatoms. The average molecular weight is 222 g/mol. The van der Waals surface area contributed by atoms with Crippen LogP contribution in [0.3, 0.4) is 0 Å². The van der Waals surface area contributed by atoms with Crippen LogP contribution in [0.4, 0.5) is 10.1 Å². The zero-order valence-corrected chi connectivity index (χ0v) is 8.29. The van der Waals surface area contributed by atoms with E-state index in [-0.39, 0.29) is 5.00 Å². The molecule has 0 bridgehead atoms. The molecule has 0 radical (unpaired) electrons. The topological polar surface area (TPSA) is 74.0 Å². The number of thiazole rings is 1. The third kappa shape index (κ3) is 2.26. The molecule has 0 amide bonds. The van der Waals surface area contributed by atoms with Gasteiger partial charge in [0.25, 0.3) is 0 Å². The molecule has 0 fully saturated rings. The summed E-state index contributed by atoms with van der Waals surface area (Å²) in [5.74, 6) is 0. The van der Waals surface area contributed by atoms with E-state index in [1.807, 2.05) is 18.2 Å². The number of pyridine rings is 1. The summed E-state index contributed by atoms with van der Waals surface area (Å²) in [4.78, 5) is 13.7. The predicted molar refractivity (Wildman–Crippen MR) is 53.8 cm³/mol. The molecule has 6 nitrogen and oxygen atoms in total. The minimum atomic E-state index is -0.480. The maximum atomic E-state index is 10.4. The smallest absolute Gasteiger partial charge is 0.320 e. The van der Waals surface area contributed by atoms with Gasteiger partial charge in [0.1, 0.15) is 0 Å². The Labute approximate surface area is 89.0 Å². The zero-order valence-electron chi connectivity index (χ0n) is 7.48. The highest BCUT2D eigenvalue weighted by atomic mass is 32.1. The molecule has 0 atom stereocenters. The molecule has 0 spiro atoms. The van der Waals surface area contributed by atoms with Gasteiger partial charge in [-0.3, -0.25) is 10.1 Å². The van der Waals surface area contributed by atoms with Crippen LogP contribution < -0.4 is 4.68 Å². The fraction of sp³-hybridized carbons (Fsp3) is 0. The predicted octanol–water partition coefficient (Wildman–Crippen LogP) is 1.81. The minimum Gasteiger partial charge on any atom is -0.423 e. The van der Waals surface area contributed by atoms with Crippen molar-refractivity contribution in [1.82, 2.24) is 4.98 Å². The lowest BCUT2D eigenvalue weighted by molar-refractivity contribution is -0.619. The van der Waals surface area contributed by atoms with Crippen molar-refractivity contribution >= 4 is 21.5 Å². The van der Waals surface area contributed by atoms with Crippen molar-refractivity contribution in [3.8, 4) is 0 Å². The van der Waals surface area contributed by atoms with Gasteiger partial charge in [-0.1, -0.05) is 17.4 Å². The average Bonchev–Trinajstić information content (AvgIpc) is 2.68. The first-order chi connectivity index (χ1) is 7.25. The SMILES string of the molecule is O=[N+]([O-])c1cnc([N-][n+]2ccccc2)s1. The van der Waals surface area contributed by atoms with Gasteiger partial charge in [0.05, 0.1) is 10.1 Å². The lowest BCUT2D eigenvalue weighted by Gasteiger charge is -2.00. The number of rotatable bonds is 3. The maximum Gasteiger partial charge on any atom is 0.320 e. The second-order valence-corrected chi connectivity index (χ2v) is 3.58. The molecule has 2 heterocycles. The van der Waals surface area contributed by atoms with Crippen molar-refractivity contribution in [2.45, 2.75) is 0 Å². The Bertz CT molecular complexity index is 471. The minimum absolute atomic E-state index is 0.00900. The van der Waals surface area contributed by atoms with E-state index in [1.165, 1.54) is 6.20 Å². The van der Waals surface area contributed by atoms with Crippen LogP contribution in [0, 0.1) is 10.1 Å². The molecule has 0 aliphatic heterocycles. The number of nitro groups is 1. The summed E-state index contributed by atoms with van der Waals surface area (Å²) in [6.07, 6.45) is 4.66. The van der Waals surface area contributed by atoms with Gasteiger partial charge in [0, 0.05) is 18.3 Å². The molecular formula is C8H6N4O2S. The van der Waals surface area contributed by atoms with Crippen LogP contribution in [0.5, 0.6) is 0 Å². The van der Waals surface area contributed by atoms with Crippen LogP contribution in [0.1, 0.15) is 0 Å². The summed E-state index contributed by atoms with van der Waals surface area (Å²) in [5.41, 5.74) is 4.06. The molecule has 0 saturated carbocycles. The standard InChI is InChI=1S/C8H6N4O2S/c13-12(14)7-6-9-8(15-7)10-11-4-2-1-3-5-11/h1-6H. The highest BCUT2D eigenvalue weighted by molar-refractivity contribution is 7.18. The van der Waals surface area contributed by atoms with Crippen molar-refractivity contribution in [3.63, 3.8) is 0 Å². The van der Waals surface area contributed by atoms with Crippen molar-refractivity contribution in [2.75, 3.05) is 0 Å². The molecule has 0 saturated heterocycles. The van der Waals surface area contributed by atoms with Gasteiger partial charge in [-0.05, 0) is 0 Å². The summed E-state index contributed by atoms with van der Waals surface area (Å²) in [5, 5.41) is 10.7. The van der Waals surface area contributed by atoms with E-state index in [0.29, 0.717) is 5.13 Å². The highest BCUT2D eigenvalue weighted by Gasteiger charge is 2.06. The van der Waals surface area contributed by atoms with Crippen molar-refractivity contribution in [2.24, 2.45) is 0 Å². The van der Waals surface area contributed by atoms with E-state index in [2.05, 4.69) is 10.4 Å². The summed E-state index contributed by atoms with van der Waals surface area (Å²) < 4.78 is 1.54. The Morgan fingerprint density at radius 3 is 2.73 bits per heavy atom. The third-order valence-corrected chi connectivity index (χ3v) is 2.40. The molecule has 0 aromatic carbocycles. The van der Waals surface area contributed by atoms with E-state index in [9.17, 15) is 10.1 Å². The van der Waals surface area contributed by atoms with Gasteiger partial charge in [0.2, 0.25) is 0 Å². The summed E-state index contributed by atoms with van der Waals surface area (Å²) in [6.45, 7) is 0. The van der Waals surface area contributed by atoms with Crippen LogP contribution in [0.2, 0.25) is 0 Å².